The van der Waals surface area contributed by atoms with Crippen LogP contribution in [0.4, 0.5) is 4.79 Å². The highest BCUT2D eigenvalue weighted by atomic mass is 32.1. The number of amides is 2. The van der Waals surface area contributed by atoms with Gasteiger partial charge in [-0.2, -0.15) is 0 Å². The molecule has 7 rings (SSSR count). The van der Waals surface area contributed by atoms with Crippen molar-refractivity contribution in [3.8, 4) is 16.5 Å². The molecule has 3 aliphatic rings. The number of thiophene rings is 1. The average Bonchev–Trinajstić information content (AvgIpc) is 3.73. The van der Waals surface area contributed by atoms with Gasteiger partial charge >= 0.3 is 11.7 Å². The fourth-order valence-electron chi connectivity index (χ4n) is 7.11. The van der Waals surface area contributed by atoms with Gasteiger partial charge in [-0.05, 0) is 31.4 Å². The Bertz CT molecular complexity index is 1920. The Labute approximate surface area is 286 Å². The van der Waals surface area contributed by atoms with E-state index in [2.05, 4.69) is 4.98 Å². The van der Waals surface area contributed by atoms with Crippen molar-refractivity contribution in [2.24, 2.45) is 5.41 Å². The second-order valence-electron chi connectivity index (χ2n) is 13.3. The van der Waals surface area contributed by atoms with Gasteiger partial charge in [-0.15, -0.1) is 11.3 Å². The van der Waals surface area contributed by atoms with Crippen LogP contribution in [0.15, 0.2) is 50.7 Å². The molecule has 3 fully saturated rings. The number of likely N-dealkylation sites (tertiary alicyclic amines) is 2. The first-order chi connectivity index (χ1) is 23.7. The number of methoxy groups -OCH3 is 1. The summed E-state index contributed by atoms with van der Waals surface area (Å²) in [6.07, 6.45) is 3.80. The largest absolute Gasteiger partial charge is 0.496 e. The van der Waals surface area contributed by atoms with Crippen molar-refractivity contribution in [2.75, 3.05) is 59.9 Å². The monoisotopic (exact) mass is 695 g/mol. The van der Waals surface area contributed by atoms with Gasteiger partial charge in [-0.3, -0.25) is 13.9 Å². The van der Waals surface area contributed by atoms with Crippen molar-refractivity contribution in [3.05, 3.63) is 68.7 Å². The molecule has 3 aromatic heterocycles. The van der Waals surface area contributed by atoms with Gasteiger partial charge in [0.1, 0.15) is 29.7 Å². The zero-order valence-corrected chi connectivity index (χ0v) is 28.6. The Kier molecular flexibility index (Phi) is 9.37. The first-order valence-electron chi connectivity index (χ1n) is 16.5. The Morgan fingerprint density at radius 2 is 1.92 bits per heavy atom. The number of aliphatic hydroxyl groups is 1. The van der Waals surface area contributed by atoms with E-state index in [9.17, 15) is 14.4 Å². The first kappa shape index (κ1) is 33.5. The minimum absolute atomic E-state index is 0.0847. The molecular weight excluding hydrogens is 654 g/mol. The Hall–Kier alpha value is -4.02. The van der Waals surface area contributed by atoms with Gasteiger partial charge in [0.25, 0.3) is 5.56 Å². The van der Waals surface area contributed by atoms with Gasteiger partial charge in [0.15, 0.2) is 0 Å². The van der Waals surface area contributed by atoms with Crippen LogP contribution in [0.25, 0.3) is 21.0 Å². The van der Waals surface area contributed by atoms with Gasteiger partial charge in [-0.1, -0.05) is 25.1 Å². The Balaban J connectivity index is 1.25. The lowest BCUT2D eigenvalue weighted by molar-refractivity contribution is -0.0849. The van der Waals surface area contributed by atoms with Crippen molar-refractivity contribution >= 4 is 27.6 Å². The lowest BCUT2D eigenvalue weighted by Gasteiger charge is -2.51. The number of aliphatic hydroxyl groups excluding tert-OH is 1. The summed E-state index contributed by atoms with van der Waals surface area (Å²) in [6, 6.07) is 6.95. The molecule has 1 atom stereocenters. The van der Waals surface area contributed by atoms with Gasteiger partial charge in [0.2, 0.25) is 5.89 Å². The summed E-state index contributed by atoms with van der Waals surface area (Å²) in [7, 11) is 1.60. The third-order valence-corrected chi connectivity index (χ3v) is 11.0. The fraction of sp³-hybridized carbons (Fsp3) is 0.529. The van der Waals surface area contributed by atoms with E-state index in [-0.39, 0.29) is 44.0 Å². The lowest BCUT2D eigenvalue weighted by Crippen LogP contribution is -2.66. The van der Waals surface area contributed by atoms with Gasteiger partial charge in [0, 0.05) is 50.4 Å². The number of hydrogen-bond donors (Lipinski definition) is 1. The van der Waals surface area contributed by atoms with Crippen molar-refractivity contribution in [1.82, 2.24) is 23.9 Å². The van der Waals surface area contributed by atoms with Crippen molar-refractivity contribution < 1.29 is 33.3 Å². The number of urea groups is 1. The number of oxazole rings is 1. The number of ether oxygens (including phenoxy) is 4. The Morgan fingerprint density at radius 1 is 1.16 bits per heavy atom. The van der Waals surface area contributed by atoms with Gasteiger partial charge in [-0.25, -0.2) is 14.6 Å². The molecule has 3 aliphatic heterocycles. The fourth-order valence-corrected chi connectivity index (χ4v) is 8.35. The molecule has 4 aromatic rings. The zero-order valence-electron chi connectivity index (χ0n) is 27.8. The maximum absolute atomic E-state index is 14.6. The number of hydrogen-bond acceptors (Lipinski definition) is 11. The summed E-state index contributed by atoms with van der Waals surface area (Å²) in [5, 5.41) is 9.42. The quantitative estimate of drug-likeness (QED) is 0.231. The summed E-state index contributed by atoms with van der Waals surface area (Å²) in [4.78, 5) is 51.0. The number of aromatic nitrogens is 3. The normalized spacial score (nSPS) is 18.8. The minimum atomic E-state index is -0.575. The molecule has 2 amide bonds. The summed E-state index contributed by atoms with van der Waals surface area (Å²) < 4.78 is 31.7. The molecule has 0 saturated carbocycles. The number of carbonyl (C=O) groups excluding carboxylic acids is 1. The van der Waals surface area contributed by atoms with Crippen LogP contribution >= 0.6 is 11.3 Å². The van der Waals surface area contributed by atoms with E-state index in [1.54, 1.807) is 27.7 Å². The molecule has 49 heavy (non-hydrogen) atoms. The standard InChI is InChI=1S/C34H41N5O9S/c1-21-27-30(41)39(22-14-36(15-22)32(42)37-17-34(2,18-37)19-46-20-40)33(43)38(31(27)49-28(21)29-35-10-13-47-29)16-26(48-23-8-11-45-12-9-23)24-6-4-5-7-25(24)44-3/h4-7,10,13,22-23,26,40H,8-9,11-12,14-20H2,1-3H3. The highest BCUT2D eigenvalue weighted by molar-refractivity contribution is 7.22. The number of fused-ring (bicyclic) bond motifs is 1. The molecule has 262 valence electrons. The molecule has 1 aromatic carbocycles. The summed E-state index contributed by atoms with van der Waals surface area (Å²) in [5.74, 6) is 1.01. The number of rotatable bonds is 11. The van der Waals surface area contributed by atoms with Crippen molar-refractivity contribution in [2.45, 2.75) is 51.5 Å². The number of benzene rings is 1. The van der Waals surface area contributed by atoms with Crippen LogP contribution in [0.1, 0.15) is 43.0 Å². The first-order valence-corrected chi connectivity index (χ1v) is 17.3. The second-order valence-corrected chi connectivity index (χ2v) is 14.3. The van der Waals surface area contributed by atoms with Crippen LogP contribution in [0.3, 0.4) is 0 Å². The third-order valence-electron chi connectivity index (χ3n) is 9.68. The number of carbonyl (C=O) groups is 1. The van der Waals surface area contributed by atoms with Crippen LogP contribution < -0.4 is 16.0 Å². The van der Waals surface area contributed by atoms with E-state index in [0.717, 1.165) is 18.4 Å². The molecule has 1 N–H and O–H groups in total. The minimum Gasteiger partial charge on any atom is -0.496 e. The maximum atomic E-state index is 14.6. The van der Waals surface area contributed by atoms with Crippen LogP contribution in [0.5, 0.6) is 5.75 Å². The van der Waals surface area contributed by atoms with Crippen LogP contribution in [-0.2, 0) is 20.8 Å². The number of nitrogens with zero attached hydrogens (tertiary/aromatic N) is 5. The Morgan fingerprint density at radius 3 is 2.61 bits per heavy atom. The highest BCUT2D eigenvalue weighted by Crippen LogP contribution is 2.38. The van der Waals surface area contributed by atoms with E-state index in [4.69, 9.17) is 28.5 Å². The van der Waals surface area contributed by atoms with E-state index in [1.165, 1.54) is 22.2 Å². The number of para-hydroxylation sites is 1. The molecule has 0 bridgehead atoms. The van der Waals surface area contributed by atoms with Crippen molar-refractivity contribution in [1.29, 1.82) is 0 Å². The molecular formula is C34H41N5O9S. The predicted octanol–water partition coefficient (Wildman–Crippen LogP) is 3.40. The summed E-state index contributed by atoms with van der Waals surface area (Å²) in [5.41, 5.74) is 0.369. The smallest absolute Gasteiger partial charge is 0.332 e. The third kappa shape index (κ3) is 6.29. The molecule has 0 aliphatic carbocycles. The second kappa shape index (κ2) is 13.7. The van der Waals surface area contributed by atoms with E-state index < -0.39 is 23.4 Å². The SMILES string of the molecule is COc1ccccc1C(Cn1c(=O)n(C2CN(C(=O)N3CC(C)(COCO)C3)C2)c(=O)c2c(C)c(-c3ncco3)sc21)OC1CCOCC1. The highest BCUT2D eigenvalue weighted by Gasteiger charge is 2.46. The molecule has 3 saturated heterocycles. The van der Waals surface area contributed by atoms with Gasteiger partial charge < -0.3 is 38.3 Å². The summed E-state index contributed by atoms with van der Waals surface area (Å²) >= 11 is 1.29. The topological polar surface area (TPSA) is 151 Å². The van der Waals surface area contributed by atoms with Crippen molar-refractivity contribution in [3.63, 3.8) is 0 Å². The molecule has 0 spiro atoms. The van der Waals surface area contributed by atoms with E-state index in [1.807, 2.05) is 38.1 Å². The lowest BCUT2D eigenvalue weighted by atomic mass is 9.83. The van der Waals surface area contributed by atoms with E-state index in [0.29, 0.717) is 65.2 Å². The maximum Gasteiger partial charge on any atom is 0.332 e. The van der Waals surface area contributed by atoms with E-state index >= 15 is 0 Å². The van der Waals surface area contributed by atoms with Crippen LogP contribution in [0, 0.1) is 12.3 Å². The van der Waals surface area contributed by atoms with Gasteiger partial charge in [0.05, 0.1) is 48.9 Å². The number of aryl methyl sites for hydroxylation is 1. The molecule has 14 nitrogen and oxygen atoms in total. The predicted molar refractivity (Wildman–Crippen MR) is 180 cm³/mol. The van der Waals surface area contributed by atoms with Crippen LogP contribution in [-0.4, -0.2) is 101 Å². The summed E-state index contributed by atoms with van der Waals surface area (Å²) in [6.45, 7) is 6.59. The average molecular weight is 696 g/mol. The van der Waals surface area contributed by atoms with Crippen LogP contribution in [0.2, 0.25) is 0 Å². The molecule has 0 radical (unpaired) electrons. The molecule has 15 heteroatoms. The molecule has 1 unspecified atom stereocenters. The molecule has 6 heterocycles. The zero-order chi connectivity index (χ0) is 34.3.